The van der Waals surface area contributed by atoms with Gasteiger partial charge in [0.05, 0.1) is 0 Å². The zero-order valence-electron chi connectivity index (χ0n) is 2.99. The highest BCUT2D eigenvalue weighted by Crippen LogP contribution is 2.13. The third kappa shape index (κ3) is 2.02. The summed E-state index contributed by atoms with van der Waals surface area (Å²) in [5.41, 5.74) is 0. The minimum absolute atomic E-state index is 2.76. The molecule has 0 saturated carbocycles. The fourth-order valence-electron chi connectivity index (χ4n) is 0. The first-order valence-electron chi connectivity index (χ1n) is 1.24. The van der Waals surface area contributed by atoms with Gasteiger partial charge < -0.3 is 5.11 Å². The lowest BCUT2D eigenvalue weighted by Gasteiger charge is -1.93. The van der Waals surface area contributed by atoms with E-state index >= 15 is 0 Å². The van der Waals surface area contributed by atoms with E-state index in [0.29, 0.717) is 0 Å². The van der Waals surface area contributed by atoms with Gasteiger partial charge >= 0.3 is 12.1 Å². The van der Waals surface area contributed by atoms with Crippen molar-refractivity contribution in [3.63, 3.8) is 0 Å². The minimum atomic E-state index is -5.08. The van der Waals surface area contributed by atoms with Crippen LogP contribution in [0.25, 0.3) is 0 Å². The maximum atomic E-state index is 10.6. The SMILES string of the molecule is O=[14C](O)C(F)(F)F. The summed E-state index contributed by atoms with van der Waals surface area (Å²) in [5.74, 6) is -2.76. The van der Waals surface area contributed by atoms with Gasteiger partial charge in [-0.05, 0) is 0 Å². The van der Waals surface area contributed by atoms with Crippen molar-refractivity contribution < 1.29 is 23.1 Å². The Hall–Kier alpha value is -0.740. The average Bonchev–Trinajstić information content (AvgIpc) is 1.31. The van der Waals surface area contributed by atoms with Gasteiger partial charge in [0.15, 0.2) is 0 Å². The smallest absolute Gasteiger partial charge is 0.475 e. The Morgan fingerprint density at radius 1 is 1.43 bits per heavy atom. The summed E-state index contributed by atoms with van der Waals surface area (Å²) in [6.07, 6.45) is -5.08. The summed E-state index contributed by atoms with van der Waals surface area (Å²) in [6, 6.07) is 0. The summed E-state index contributed by atoms with van der Waals surface area (Å²) in [7, 11) is 0. The third-order valence-corrected chi connectivity index (χ3v) is 0.243. The van der Waals surface area contributed by atoms with E-state index in [4.69, 9.17) is 9.90 Å². The van der Waals surface area contributed by atoms with Crippen molar-refractivity contribution in [2.24, 2.45) is 0 Å². The Morgan fingerprint density at radius 2 is 1.57 bits per heavy atom. The fourth-order valence-corrected chi connectivity index (χ4v) is 0. The van der Waals surface area contributed by atoms with Crippen LogP contribution >= 0.6 is 0 Å². The summed E-state index contributed by atoms with van der Waals surface area (Å²) < 4.78 is 31.7. The molecule has 0 aliphatic carbocycles. The molecule has 0 amide bonds. The third-order valence-electron chi connectivity index (χ3n) is 0.243. The lowest BCUT2D eigenvalue weighted by molar-refractivity contribution is -0.192. The number of halogens is 3. The van der Waals surface area contributed by atoms with E-state index in [1.807, 2.05) is 0 Å². The molecule has 0 aromatic carbocycles. The van der Waals surface area contributed by atoms with Crippen LogP contribution < -0.4 is 0 Å². The van der Waals surface area contributed by atoms with Crippen molar-refractivity contribution >= 4 is 5.97 Å². The Kier molecular flexibility index (Phi) is 1.25. The van der Waals surface area contributed by atoms with Crippen LogP contribution in [-0.4, -0.2) is 17.3 Å². The van der Waals surface area contributed by atoms with Crippen LogP contribution in [-0.2, 0) is 4.79 Å². The monoisotopic (exact) mass is 116 g/mol. The zero-order chi connectivity index (χ0) is 6.08. The van der Waals surface area contributed by atoms with E-state index < -0.39 is 12.1 Å². The number of hydrogen-bond donors (Lipinski definition) is 1. The Morgan fingerprint density at radius 3 is 1.57 bits per heavy atom. The lowest BCUT2D eigenvalue weighted by atomic mass is 11.2. The van der Waals surface area contributed by atoms with Crippen molar-refractivity contribution in [1.29, 1.82) is 0 Å². The highest BCUT2D eigenvalue weighted by Gasteiger charge is 2.38. The van der Waals surface area contributed by atoms with Crippen LogP contribution in [0.15, 0.2) is 0 Å². The van der Waals surface area contributed by atoms with Gasteiger partial charge in [0.2, 0.25) is 0 Å². The fraction of sp³-hybridized carbons (Fsp3) is 0.500. The number of hydrogen-bond acceptors (Lipinski definition) is 1. The van der Waals surface area contributed by atoms with Crippen LogP contribution in [0.4, 0.5) is 13.2 Å². The van der Waals surface area contributed by atoms with Crippen LogP contribution in [0.3, 0.4) is 0 Å². The van der Waals surface area contributed by atoms with Crippen LogP contribution in [0.5, 0.6) is 0 Å². The molecular formula is C2HF3O2. The second-order valence-corrected chi connectivity index (χ2v) is 0.803. The molecular weight excluding hydrogens is 115 g/mol. The molecule has 0 aromatic heterocycles. The van der Waals surface area contributed by atoms with Gasteiger partial charge in [0.1, 0.15) is 0 Å². The van der Waals surface area contributed by atoms with Gasteiger partial charge in [-0.3, -0.25) is 0 Å². The molecule has 0 aromatic rings. The van der Waals surface area contributed by atoms with E-state index in [2.05, 4.69) is 0 Å². The van der Waals surface area contributed by atoms with Crippen molar-refractivity contribution in [3.05, 3.63) is 0 Å². The lowest BCUT2D eigenvalue weighted by Crippen LogP contribution is -2.21. The van der Waals surface area contributed by atoms with Gasteiger partial charge in [0.25, 0.3) is 0 Å². The molecule has 5 heteroatoms. The summed E-state index contributed by atoms with van der Waals surface area (Å²) in [6.45, 7) is 0. The topological polar surface area (TPSA) is 37.3 Å². The number of aliphatic carboxylic acids is 1. The predicted octanol–water partition coefficient (Wildman–Crippen LogP) is 0.633. The van der Waals surface area contributed by atoms with E-state index in [0.717, 1.165) is 0 Å². The molecule has 0 aliphatic rings. The van der Waals surface area contributed by atoms with Crippen molar-refractivity contribution in [3.8, 4) is 0 Å². The van der Waals surface area contributed by atoms with E-state index in [9.17, 15) is 13.2 Å². The molecule has 7 heavy (non-hydrogen) atoms. The molecule has 0 heterocycles. The average molecular weight is 116 g/mol. The second-order valence-electron chi connectivity index (χ2n) is 0.803. The van der Waals surface area contributed by atoms with Crippen LogP contribution in [0.1, 0.15) is 0 Å². The van der Waals surface area contributed by atoms with Crippen molar-refractivity contribution in [2.45, 2.75) is 6.18 Å². The highest BCUT2D eigenvalue weighted by molar-refractivity contribution is 5.73. The van der Waals surface area contributed by atoms with E-state index in [1.54, 1.807) is 0 Å². The van der Waals surface area contributed by atoms with Crippen molar-refractivity contribution in [1.82, 2.24) is 0 Å². The zero-order valence-corrected chi connectivity index (χ0v) is 2.99. The van der Waals surface area contributed by atoms with E-state index in [-0.39, 0.29) is 0 Å². The summed E-state index contributed by atoms with van der Waals surface area (Å²) >= 11 is 0. The molecule has 1 N–H and O–H groups in total. The molecule has 0 fully saturated rings. The maximum Gasteiger partial charge on any atom is 0.490 e. The molecule has 0 radical (unpaired) electrons. The van der Waals surface area contributed by atoms with Crippen LogP contribution in [0, 0.1) is 0 Å². The normalized spacial score (nSPS) is 11.3. The molecule has 0 unspecified atom stereocenters. The number of alkyl halides is 3. The molecule has 0 spiro atoms. The quantitative estimate of drug-likeness (QED) is 0.504. The molecule has 2 nitrogen and oxygen atoms in total. The highest BCUT2D eigenvalue weighted by atomic mass is 19.4. The molecule has 0 aliphatic heterocycles. The first kappa shape index (κ1) is 6.26. The minimum Gasteiger partial charge on any atom is -0.475 e. The largest absolute Gasteiger partial charge is 0.490 e. The molecule has 0 saturated heterocycles. The predicted molar refractivity (Wildman–Crippen MR) is 13.7 cm³/mol. The maximum absolute atomic E-state index is 10.6. The summed E-state index contributed by atoms with van der Waals surface area (Å²) in [5, 5.41) is 7.12. The number of carboxylic acids is 1. The van der Waals surface area contributed by atoms with Crippen molar-refractivity contribution in [2.75, 3.05) is 0 Å². The Labute approximate surface area is 36.6 Å². The Bertz CT molecular complexity index is 83.4. The number of carboxylic acid groups (broad SMARTS) is 1. The standard InChI is InChI=1S/C2HF3O2/c3-2(4,5)1(6)7/h(H,6,7)/i1+2. The molecule has 42 valence electrons. The molecule has 0 rings (SSSR count). The van der Waals surface area contributed by atoms with Gasteiger partial charge in [-0.15, -0.1) is 0 Å². The first-order chi connectivity index (χ1) is 2.94. The molecule has 0 bridgehead atoms. The first-order valence-corrected chi connectivity index (χ1v) is 1.24. The second kappa shape index (κ2) is 1.40. The van der Waals surface area contributed by atoms with Gasteiger partial charge in [0, 0.05) is 0 Å². The Balaban J connectivity index is 3.79. The summed E-state index contributed by atoms with van der Waals surface area (Å²) in [4.78, 5) is 8.90. The number of carbonyl (C=O) groups is 1. The van der Waals surface area contributed by atoms with E-state index in [1.165, 1.54) is 0 Å². The van der Waals surface area contributed by atoms with Gasteiger partial charge in [-0.2, -0.15) is 13.2 Å². The van der Waals surface area contributed by atoms with Gasteiger partial charge in [-0.1, -0.05) is 0 Å². The van der Waals surface area contributed by atoms with Gasteiger partial charge in [-0.25, -0.2) is 4.79 Å². The van der Waals surface area contributed by atoms with Crippen LogP contribution in [0.2, 0.25) is 0 Å². The molecule has 0 atom stereocenters. The number of rotatable bonds is 0.